The van der Waals surface area contributed by atoms with Gasteiger partial charge in [0.2, 0.25) is 5.91 Å². The minimum absolute atomic E-state index is 0.104. The first-order valence-corrected chi connectivity index (χ1v) is 8.41. The molecule has 0 aromatic rings. The Hall–Kier alpha value is -0.640. The van der Waals surface area contributed by atoms with Crippen molar-refractivity contribution in [3.8, 4) is 0 Å². The molecule has 4 rings (SSSR count). The lowest BCUT2D eigenvalue weighted by atomic mass is 9.49. The van der Waals surface area contributed by atoms with Gasteiger partial charge in [0.05, 0.1) is 11.0 Å². The number of carbonyl (C=O) groups excluding carboxylic acids is 1. The van der Waals surface area contributed by atoms with Gasteiger partial charge in [0, 0.05) is 5.41 Å². The van der Waals surface area contributed by atoms with Crippen molar-refractivity contribution < 1.29 is 4.79 Å². The molecule has 0 radical (unpaired) electrons. The van der Waals surface area contributed by atoms with E-state index in [0.717, 1.165) is 37.0 Å². The maximum absolute atomic E-state index is 12.9. The predicted octanol–water partition coefficient (Wildman–Crippen LogP) is 2.63. The zero-order valence-electron chi connectivity index (χ0n) is 12.5. The van der Waals surface area contributed by atoms with Gasteiger partial charge in [-0.25, -0.2) is 0 Å². The van der Waals surface area contributed by atoms with Gasteiger partial charge in [0.1, 0.15) is 0 Å². The maximum atomic E-state index is 12.9. The second kappa shape index (κ2) is 4.97. The summed E-state index contributed by atoms with van der Waals surface area (Å²) in [4.78, 5) is 13.3. The third-order valence-corrected chi connectivity index (χ3v) is 6.03. The summed E-state index contributed by atoms with van der Waals surface area (Å²) in [5, 5.41) is 3.17. The second-order valence-corrected chi connectivity index (χ2v) is 8.27. The van der Waals surface area contributed by atoms with E-state index >= 15 is 0 Å². The minimum Gasteiger partial charge on any atom is -0.392 e. The average Bonchev–Trinajstić information content (AvgIpc) is 2.32. The Bertz CT molecular complexity index is 397. The molecule has 4 saturated carbocycles. The lowest BCUT2D eigenvalue weighted by molar-refractivity contribution is -0.146. The molecule has 3 nitrogen and oxygen atoms in total. The van der Waals surface area contributed by atoms with Crippen molar-refractivity contribution in [1.82, 2.24) is 5.32 Å². The monoisotopic (exact) mass is 294 g/mol. The predicted molar refractivity (Wildman–Crippen MR) is 84.2 cm³/mol. The Morgan fingerprint density at radius 3 is 1.95 bits per heavy atom. The number of carbonyl (C=O) groups is 1. The van der Waals surface area contributed by atoms with Crippen molar-refractivity contribution in [3.05, 3.63) is 0 Å². The molecule has 4 aliphatic carbocycles. The Morgan fingerprint density at radius 2 is 1.60 bits per heavy atom. The highest BCUT2D eigenvalue weighted by Gasteiger charge is 2.54. The first-order chi connectivity index (χ1) is 9.39. The van der Waals surface area contributed by atoms with Gasteiger partial charge in [-0.15, -0.1) is 0 Å². The van der Waals surface area contributed by atoms with Crippen LogP contribution in [0.4, 0.5) is 0 Å². The van der Waals surface area contributed by atoms with E-state index in [1.807, 2.05) is 0 Å². The molecule has 4 bridgehead atoms. The Morgan fingerprint density at radius 1 is 1.15 bits per heavy atom. The lowest BCUT2D eigenvalue weighted by Gasteiger charge is -2.56. The molecule has 1 amide bonds. The van der Waals surface area contributed by atoms with Crippen LogP contribution in [0, 0.1) is 29.1 Å². The first-order valence-electron chi connectivity index (χ1n) is 8.00. The third-order valence-electron chi connectivity index (χ3n) is 5.78. The van der Waals surface area contributed by atoms with Gasteiger partial charge >= 0.3 is 0 Å². The van der Waals surface area contributed by atoms with Crippen LogP contribution in [0.5, 0.6) is 0 Å². The fraction of sp³-hybridized carbons (Fsp3) is 0.875. The van der Waals surface area contributed by atoms with Crippen LogP contribution in [0.3, 0.4) is 0 Å². The quantitative estimate of drug-likeness (QED) is 0.784. The van der Waals surface area contributed by atoms with Crippen LogP contribution in [-0.2, 0) is 4.79 Å². The van der Waals surface area contributed by atoms with Crippen LogP contribution < -0.4 is 11.1 Å². The van der Waals surface area contributed by atoms with Crippen molar-refractivity contribution in [1.29, 1.82) is 0 Å². The van der Waals surface area contributed by atoms with Gasteiger partial charge in [-0.1, -0.05) is 26.1 Å². The number of thiocarbonyl (C=S) groups is 1. The summed E-state index contributed by atoms with van der Waals surface area (Å²) in [6.45, 7) is 4.12. The van der Waals surface area contributed by atoms with Gasteiger partial charge in [0.25, 0.3) is 0 Å². The number of hydrogen-bond acceptors (Lipinski definition) is 2. The minimum atomic E-state index is -0.162. The molecule has 4 fully saturated rings. The molecule has 0 spiro atoms. The van der Waals surface area contributed by atoms with Crippen molar-refractivity contribution in [2.24, 2.45) is 34.8 Å². The van der Waals surface area contributed by atoms with Crippen molar-refractivity contribution in [2.45, 2.75) is 58.4 Å². The number of amides is 1. The molecule has 3 N–H and O–H groups in total. The van der Waals surface area contributed by atoms with E-state index in [-0.39, 0.29) is 23.3 Å². The van der Waals surface area contributed by atoms with Gasteiger partial charge in [-0.3, -0.25) is 4.79 Å². The number of rotatable bonds is 4. The van der Waals surface area contributed by atoms with E-state index < -0.39 is 0 Å². The highest BCUT2D eigenvalue weighted by Crippen LogP contribution is 2.60. The molecule has 20 heavy (non-hydrogen) atoms. The second-order valence-electron chi connectivity index (χ2n) is 7.80. The van der Waals surface area contributed by atoms with Crippen LogP contribution in [0.25, 0.3) is 0 Å². The number of nitrogens with two attached hydrogens (primary N) is 1. The van der Waals surface area contributed by atoms with Crippen LogP contribution in [0.2, 0.25) is 0 Å². The van der Waals surface area contributed by atoms with Crippen molar-refractivity contribution in [3.63, 3.8) is 0 Å². The lowest BCUT2D eigenvalue weighted by Crippen LogP contribution is -2.57. The number of hydrogen-bond donors (Lipinski definition) is 2. The van der Waals surface area contributed by atoms with Gasteiger partial charge in [-0.05, 0) is 62.2 Å². The Balaban J connectivity index is 1.75. The highest BCUT2D eigenvalue weighted by molar-refractivity contribution is 7.80. The van der Waals surface area contributed by atoms with E-state index in [4.69, 9.17) is 18.0 Å². The topological polar surface area (TPSA) is 55.1 Å². The van der Waals surface area contributed by atoms with Crippen LogP contribution in [0.15, 0.2) is 0 Å². The van der Waals surface area contributed by atoms with Crippen LogP contribution in [0.1, 0.15) is 52.4 Å². The van der Waals surface area contributed by atoms with E-state index in [1.54, 1.807) is 0 Å². The SMILES string of the molecule is CC(C)C(NC(=O)C12CC3CC(CC(C3)C1)C2)C(N)=S. The molecule has 0 aliphatic heterocycles. The molecule has 0 aromatic heterocycles. The fourth-order valence-electron chi connectivity index (χ4n) is 5.25. The van der Waals surface area contributed by atoms with Crippen molar-refractivity contribution >= 4 is 23.1 Å². The summed E-state index contributed by atoms with van der Waals surface area (Å²) in [5.74, 6) is 2.84. The molecule has 4 aliphatic rings. The molecular weight excluding hydrogens is 268 g/mol. The normalized spacial score (nSPS) is 39.9. The summed E-state index contributed by atoms with van der Waals surface area (Å²) in [6, 6.07) is -0.162. The average molecular weight is 294 g/mol. The first kappa shape index (κ1) is 14.3. The summed E-state index contributed by atoms with van der Waals surface area (Å²) < 4.78 is 0. The zero-order chi connectivity index (χ0) is 14.5. The summed E-state index contributed by atoms with van der Waals surface area (Å²) in [6.07, 6.45) is 7.34. The largest absolute Gasteiger partial charge is 0.392 e. The van der Waals surface area contributed by atoms with Crippen molar-refractivity contribution in [2.75, 3.05) is 0 Å². The molecule has 112 valence electrons. The van der Waals surface area contributed by atoms with E-state index in [1.165, 1.54) is 19.3 Å². The smallest absolute Gasteiger partial charge is 0.226 e. The molecule has 0 heterocycles. The van der Waals surface area contributed by atoms with Gasteiger partial charge in [0.15, 0.2) is 0 Å². The van der Waals surface area contributed by atoms with Crippen LogP contribution in [-0.4, -0.2) is 16.9 Å². The molecule has 1 unspecified atom stereocenters. The van der Waals surface area contributed by atoms with E-state index in [2.05, 4.69) is 19.2 Å². The molecule has 0 aromatic carbocycles. The van der Waals surface area contributed by atoms with E-state index in [0.29, 0.717) is 4.99 Å². The molecular formula is C16H26N2OS. The standard InChI is InChI=1S/C16H26N2OS/c1-9(2)13(14(17)20)18-15(19)16-6-10-3-11(7-16)5-12(4-10)8-16/h9-13H,3-8H2,1-2H3,(H2,17,20)(H,18,19). The fourth-order valence-corrected chi connectivity index (χ4v) is 5.58. The molecule has 0 saturated heterocycles. The van der Waals surface area contributed by atoms with Gasteiger partial charge in [-0.2, -0.15) is 0 Å². The zero-order valence-corrected chi connectivity index (χ0v) is 13.3. The van der Waals surface area contributed by atoms with E-state index in [9.17, 15) is 4.79 Å². The number of nitrogens with one attached hydrogen (secondary N) is 1. The summed E-state index contributed by atoms with van der Waals surface area (Å²) >= 11 is 5.12. The highest BCUT2D eigenvalue weighted by atomic mass is 32.1. The summed E-state index contributed by atoms with van der Waals surface area (Å²) in [7, 11) is 0. The Kier molecular flexibility index (Phi) is 3.56. The molecule has 4 heteroatoms. The Labute approximate surface area is 127 Å². The van der Waals surface area contributed by atoms with Gasteiger partial charge < -0.3 is 11.1 Å². The molecule has 1 atom stereocenters. The summed E-state index contributed by atoms with van der Waals surface area (Å²) in [5.41, 5.74) is 5.69. The van der Waals surface area contributed by atoms with Crippen LogP contribution >= 0.6 is 12.2 Å². The third kappa shape index (κ3) is 2.36. The maximum Gasteiger partial charge on any atom is 0.226 e.